The van der Waals surface area contributed by atoms with Gasteiger partial charge >= 0.3 is 5.97 Å². The summed E-state index contributed by atoms with van der Waals surface area (Å²) in [7, 11) is 0. The molecule has 8 atom stereocenters. The zero-order valence-corrected chi connectivity index (χ0v) is 57.3. The van der Waals surface area contributed by atoms with E-state index in [2.05, 4.69) is 111 Å². The van der Waals surface area contributed by atoms with E-state index in [-0.39, 0.29) is 19.4 Å². The molecule has 1 fully saturated rings. The first kappa shape index (κ1) is 83.6. The number of aliphatic hydroxyl groups is 5. The Kier molecular flexibility index (Phi) is 60.7. The first-order valence-corrected chi connectivity index (χ1v) is 37.0. The Morgan fingerprint density at radius 3 is 1.24 bits per heavy atom. The summed E-state index contributed by atoms with van der Waals surface area (Å²) in [6.45, 7) is 5.69. The molecule has 1 amide bonds. The highest BCUT2D eigenvalue weighted by Crippen LogP contribution is 2.26. The minimum Gasteiger partial charge on any atom is -0.454 e. The van der Waals surface area contributed by atoms with E-state index in [0.717, 1.165) is 109 Å². The predicted octanol–water partition coefficient (Wildman–Crippen LogP) is 19.4. The fourth-order valence-corrected chi connectivity index (χ4v) is 11.2. The number of ether oxygens (including phenoxy) is 3. The van der Waals surface area contributed by atoms with Crippen molar-refractivity contribution in [2.75, 3.05) is 13.2 Å². The molecule has 11 nitrogen and oxygen atoms in total. The molecule has 0 aromatic heterocycles. The molecule has 0 aliphatic carbocycles. The Balaban J connectivity index is 2.56. The number of amides is 1. The number of hydrogen-bond donors (Lipinski definition) is 6. The Bertz CT molecular complexity index is 1820. The first-order valence-electron chi connectivity index (χ1n) is 37.0. The van der Waals surface area contributed by atoms with E-state index in [1.54, 1.807) is 6.08 Å². The lowest BCUT2D eigenvalue weighted by molar-refractivity contribution is -0.305. The van der Waals surface area contributed by atoms with Crippen molar-refractivity contribution in [3.05, 3.63) is 97.2 Å². The number of aliphatic hydroxyl groups excluding tert-OH is 5. The molecule has 514 valence electrons. The Hall–Kier alpha value is -3.42. The van der Waals surface area contributed by atoms with E-state index in [1.165, 1.54) is 167 Å². The topological polar surface area (TPSA) is 175 Å². The van der Waals surface area contributed by atoms with Crippen molar-refractivity contribution < 1.29 is 49.3 Å². The molecule has 1 aliphatic rings. The lowest BCUT2D eigenvalue weighted by Gasteiger charge is -2.41. The summed E-state index contributed by atoms with van der Waals surface area (Å²) in [6, 6.07) is -1.03. The Morgan fingerprint density at radius 2 is 0.809 bits per heavy atom. The van der Waals surface area contributed by atoms with Crippen LogP contribution in [0.15, 0.2) is 97.2 Å². The highest BCUT2D eigenvalue weighted by molar-refractivity contribution is 5.80. The van der Waals surface area contributed by atoms with Gasteiger partial charge in [-0.2, -0.15) is 0 Å². The molecule has 8 unspecified atom stereocenters. The summed E-state index contributed by atoms with van der Waals surface area (Å²) in [5.41, 5.74) is 0. The number of nitrogens with one attached hydrogen (secondary N) is 1. The third-order valence-corrected chi connectivity index (χ3v) is 17.0. The molecular weight excluding hydrogens is 1110 g/mol. The van der Waals surface area contributed by atoms with Crippen molar-refractivity contribution in [2.24, 2.45) is 0 Å². The summed E-state index contributed by atoms with van der Waals surface area (Å²) < 4.78 is 17.7. The lowest BCUT2D eigenvalue weighted by Crippen LogP contribution is -2.61. The summed E-state index contributed by atoms with van der Waals surface area (Å²) >= 11 is 0. The maximum absolute atomic E-state index is 13.5. The van der Waals surface area contributed by atoms with Gasteiger partial charge in [-0.05, 0) is 103 Å². The van der Waals surface area contributed by atoms with E-state index >= 15 is 0 Å². The van der Waals surface area contributed by atoms with Crippen LogP contribution in [0.25, 0.3) is 0 Å². The molecule has 0 spiro atoms. The zero-order chi connectivity index (χ0) is 64.6. The van der Waals surface area contributed by atoms with Crippen LogP contribution in [0.3, 0.4) is 0 Å². The largest absolute Gasteiger partial charge is 0.454 e. The Morgan fingerprint density at radius 1 is 0.449 bits per heavy atom. The number of unbranched alkanes of at least 4 members (excludes halogenated alkanes) is 35. The van der Waals surface area contributed by atoms with E-state index in [1.807, 2.05) is 6.08 Å². The summed E-state index contributed by atoms with van der Waals surface area (Å²) in [4.78, 5) is 26.7. The quantitative estimate of drug-likeness (QED) is 0.0195. The molecule has 6 N–H and O–H groups in total. The van der Waals surface area contributed by atoms with E-state index in [4.69, 9.17) is 14.2 Å². The molecule has 0 radical (unpaired) electrons. The third-order valence-electron chi connectivity index (χ3n) is 17.0. The number of carbonyl (C=O) groups is 2. The van der Waals surface area contributed by atoms with Gasteiger partial charge in [0.15, 0.2) is 12.4 Å². The summed E-state index contributed by atoms with van der Waals surface area (Å²) in [6.07, 6.45) is 77.2. The van der Waals surface area contributed by atoms with Crippen LogP contribution in [0.5, 0.6) is 0 Å². The minimum atomic E-state index is -1.62. The van der Waals surface area contributed by atoms with Crippen LogP contribution in [0, 0.1) is 0 Å². The van der Waals surface area contributed by atoms with Crippen LogP contribution in [0.4, 0.5) is 0 Å². The molecule has 1 aliphatic heterocycles. The second kappa shape index (κ2) is 64.7. The number of rotatable bonds is 63. The van der Waals surface area contributed by atoms with Gasteiger partial charge in [-0.15, -0.1) is 0 Å². The Labute approximate surface area is 546 Å². The first-order chi connectivity index (χ1) is 43.7. The fraction of sp³-hybridized carbons (Fsp3) is 0.769. The van der Waals surface area contributed by atoms with Gasteiger partial charge in [-0.1, -0.05) is 311 Å². The van der Waals surface area contributed by atoms with Gasteiger partial charge < -0.3 is 45.1 Å². The molecule has 89 heavy (non-hydrogen) atoms. The maximum Gasteiger partial charge on any atom is 0.306 e. The molecule has 1 rings (SSSR count). The third kappa shape index (κ3) is 51.7. The van der Waals surface area contributed by atoms with Crippen molar-refractivity contribution in [3.63, 3.8) is 0 Å². The van der Waals surface area contributed by atoms with Gasteiger partial charge in [0.1, 0.15) is 24.4 Å². The average Bonchev–Trinajstić information content (AvgIpc) is 1.85. The predicted molar refractivity (Wildman–Crippen MR) is 375 cm³/mol. The molecule has 1 saturated heterocycles. The monoisotopic (exact) mass is 1250 g/mol. The maximum atomic E-state index is 13.5. The highest BCUT2D eigenvalue weighted by atomic mass is 16.7. The molecule has 1 heterocycles. The van der Waals surface area contributed by atoms with Gasteiger partial charge in [0.2, 0.25) is 5.91 Å². The molecule has 0 aromatic carbocycles. The van der Waals surface area contributed by atoms with E-state index in [0.29, 0.717) is 12.8 Å². The highest BCUT2D eigenvalue weighted by Gasteiger charge is 2.47. The minimum absolute atomic E-state index is 0.116. The van der Waals surface area contributed by atoms with E-state index < -0.39 is 67.4 Å². The zero-order valence-electron chi connectivity index (χ0n) is 57.3. The average molecular weight is 1250 g/mol. The normalized spacial score (nSPS) is 18.7. The fourth-order valence-electron chi connectivity index (χ4n) is 11.2. The number of hydrogen-bond acceptors (Lipinski definition) is 10. The molecule has 0 saturated carbocycles. The molecule has 0 aromatic rings. The molecule has 0 bridgehead atoms. The van der Waals surface area contributed by atoms with Crippen LogP contribution in [0.1, 0.15) is 323 Å². The van der Waals surface area contributed by atoms with Gasteiger partial charge in [0, 0.05) is 6.42 Å². The number of allylic oxidation sites excluding steroid dienone is 15. The van der Waals surface area contributed by atoms with Crippen LogP contribution >= 0.6 is 0 Å². The van der Waals surface area contributed by atoms with Gasteiger partial charge in [0.25, 0.3) is 0 Å². The lowest BCUT2D eigenvalue weighted by atomic mass is 9.99. The SMILES string of the molecule is CC/C=C\C/C=C\C/C=C\C/C=C\C/C=C\CCCCCCCCCCCCCC(=O)OC1C(OCC(NC(=O)C(O)CCCCCCCCCCCC/C=C\C/C=C\CCCCC)C(O)/C=C/CCCCCCCCCCCCC)OC(CO)C(O)C1O. The van der Waals surface area contributed by atoms with Crippen molar-refractivity contribution in [2.45, 2.75) is 372 Å². The smallest absolute Gasteiger partial charge is 0.306 e. The van der Waals surface area contributed by atoms with Gasteiger partial charge in [-0.3, -0.25) is 9.59 Å². The standard InChI is InChI=1S/C78H137NO10/c1-4-7-10-13-16-19-22-25-27-29-31-33-34-35-36-37-38-39-41-43-45-48-51-54-57-60-63-66-73(83)89-76-75(85)74(84)72(67-80)88-78(76)87-68-69(70(81)64-61-58-55-52-49-46-24-21-18-15-12-9-6-3)79-77(86)71(82)65-62-59-56-53-50-47-44-42-40-32-30-28-26-23-20-17-14-11-8-5-2/h7,10,16-17,19-20,25-28,31,33,35-36,61,64,69-72,74-76,78,80-82,84-85H,4-6,8-9,11-15,18,21-24,29-30,32,34,37-60,62-63,65-68H2,1-3H3,(H,79,86)/b10-7-,19-16-,20-17-,27-25-,28-26-,33-31-,36-35-,64-61+. The van der Waals surface area contributed by atoms with Gasteiger partial charge in [0.05, 0.1) is 25.4 Å². The van der Waals surface area contributed by atoms with E-state index in [9.17, 15) is 35.1 Å². The summed E-state index contributed by atoms with van der Waals surface area (Å²) in [5, 5.41) is 57.3. The second-order valence-electron chi connectivity index (χ2n) is 25.3. The van der Waals surface area contributed by atoms with Crippen molar-refractivity contribution in [1.82, 2.24) is 5.32 Å². The van der Waals surface area contributed by atoms with Crippen molar-refractivity contribution in [3.8, 4) is 0 Å². The van der Waals surface area contributed by atoms with Crippen LogP contribution in [-0.4, -0.2) is 99.6 Å². The summed E-state index contributed by atoms with van der Waals surface area (Å²) in [5.74, 6) is -1.20. The molecular formula is C78H137NO10. The van der Waals surface area contributed by atoms with Crippen LogP contribution in [-0.2, 0) is 23.8 Å². The van der Waals surface area contributed by atoms with Crippen LogP contribution in [0.2, 0.25) is 0 Å². The number of carbonyl (C=O) groups excluding carboxylic acids is 2. The second-order valence-corrected chi connectivity index (χ2v) is 25.3. The van der Waals surface area contributed by atoms with Crippen molar-refractivity contribution in [1.29, 1.82) is 0 Å². The van der Waals surface area contributed by atoms with Crippen molar-refractivity contribution >= 4 is 11.9 Å². The van der Waals surface area contributed by atoms with Gasteiger partial charge in [-0.25, -0.2) is 0 Å². The number of esters is 1. The van der Waals surface area contributed by atoms with Crippen LogP contribution < -0.4 is 5.32 Å². The molecule has 11 heteroatoms.